The molecule has 1 saturated heterocycles. The van der Waals surface area contributed by atoms with Crippen molar-refractivity contribution in [1.82, 2.24) is 29.8 Å². The highest BCUT2D eigenvalue weighted by Crippen LogP contribution is 2.27. The van der Waals surface area contributed by atoms with E-state index in [-0.39, 0.29) is 30.7 Å². The van der Waals surface area contributed by atoms with Crippen LogP contribution < -0.4 is 10.6 Å². The van der Waals surface area contributed by atoms with Crippen molar-refractivity contribution in [3.05, 3.63) is 54.2 Å². The van der Waals surface area contributed by atoms with Gasteiger partial charge in [-0.05, 0) is 50.6 Å². The van der Waals surface area contributed by atoms with Crippen molar-refractivity contribution < 1.29 is 4.79 Å². The molecule has 146 valence electrons. The molecule has 27 heavy (non-hydrogen) atoms. The number of carbonyl (C=O) groups excluding carboxylic acids is 1. The number of imidazole rings is 1. The number of pyridine rings is 1. The number of piperidine rings is 1. The summed E-state index contributed by atoms with van der Waals surface area (Å²) in [6.45, 7) is 4.07. The molecule has 1 aliphatic rings. The summed E-state index contributed by atoms with van der Waals surface area (Å²) in [5, 5.41) is 10.7. The molecular formula is C18H24Cl2N6O. The molecule has 0 unspecified atom stereocenters. The molecule has 2 N–H and O–H groups in total. The van der Waals surface area contributed by atoms with Crippen LogP contribution in [0, 0.1) is 6.92 Å². The largest absolute Gasteiger partial charge is 0.348 e. The number of nitrogens with zero attached hydrogens (tertiary/aromatic N) is 4. The molecule has 9 heteroatoms. The van der Waals surface area contributed by atoms with E-state index >= 15 is 0 Å². The van der Waals surface area contributed by atoms with Crippen molar-refractivity contribution >= 4 is 36.4 Å². The Balaban J connectivity index is 0.00000131. The maximum absolute atomic E-state index is 13.0. The molecule has 3 aromatic heterocycles. The van der Waals surface area contributed by atoms with Gasteiger partial charge in [0.2, 0.25) is 5.91 Å². The van der Waals surface area contributed by atoms with E-state index in [0.29, 0.717) is 6.54 Å². The molecule has 7 nitrogen and oxygen atoms in total. The number of aryl methyl sites for hydroxylation is 1. The molecule has 0 aromatic carbocycles. The van der Waals surface area contributed by atoms with E-state index in [1.165, 1.54) is 5.56 Å². The maximum Gasteiger partial charge on any atom is 0.248 e. The molecule has 1 aliphatic heterocycles. The number of halogens is 2. The second kappa shape index (κ2) is 8.73. The Kier molecular flexibility index (Phi) is 6.86. The van der Waals surface area contributed by atoms with Gasteiger partial charge < -0.3 is 15.0 Å². The van der Waals surface area contributed by atoms with Crippen LogP contribution in [0.4, 0.5) is 0 Å². The lowest BCUT2D eigenvalue weighted by atomic mass is 9.87. The van der Waals surface area contributed by atoms with Crippen LogP contribution in [-0.2, 0) is 16.9 Å². The Morgan fingerprint density at radius 3 is 2.74 bits per heavy atom. The summed E-state index contributed by atoms with van der Waals surface area (Å²) in [6.07, 6.45) is 9.05. The fraction of sp³-hybridized carbons (Fsp3) is 0.389. The van der Waals surface area contributed by atoms with Crippen molar-refractivity contribution in [3.8, 4) is 0 Å². The molecule has 4 heterocycles. The van der Waals surface area contributed by atoms with Crippen LogP contribution in [-0.4, -0.2) is 38.2 Å². The van der Waals surface area contributed by atoms with Crippen LogP contribution in [0.2, 0.25) is 0 Å². The van der Waals surface area contributed by atoms with Gasteiger partial charge in [-0.25, -0.2) is 4.98 Å². The summed E-state index contributed by atoms with van der Waals surface area (Å²) in [4.78, 5) is 17.6. The number of hydrogen-bond donors (Lipinski definition) is 2. The van der Waals surface area contributed by atoms with Gasteiger partial charge in [-0.15, -0.1) is 24.8 Å². The molecular weight excluding hydrogens is 387 g/mol. The second-order valence-corrected chi connectivity index (χ2v) is 6.62. The predicted octanol–water partition coefficient (Wildman–Crippen LogP) is 2.08. The van der Waals surface area contributed by atoms with Crippen molar-refractivity contribution in [1.29, 1.82) is 0 Å². The summed E-state index contributed by atoms with van der Waals surface area (Å²) in [6, 6.07) is 5.88. The lowest BCUT2D eigenvalue weighted by Gasteiger charge is -2.36. The Morgan fingerprint density at radius 2 is 2.04 bits per heavy atom. The molecule has 0 spiro atoms. The zero-order valence-electron chi connectivity index (χ0n) is 15.1. The number of hydrogen-bond acceptors (Lipinski definition) is 4. The number of amides is 1. The van der Waals surface area contributed by atoms with E-state index in [1.54, 1.807) is 10.9 Å². The van der Waals surface area contributed by atoms with Crippen LogP contribution in [0.3, 0.4) is 0 Å². The maximum atomic E-state index is 13.0. The van der Waals surface area contributed by atoms with E-state index in [1.807, 2.05) is 48.1 Å². The summed E-state index contributed by atoms with van der Waals surface area (Å²) in [5.74, 6) is 0.00550. The smallest absolute Gasteiger partial charge is 0.248 e. The average Bonchev–Trinajstić information content (AvgIpc) is 3.29. The summed E-state index contributed by atoms with van der Waals surface area (Å²) < 4.78 is 3.79. The molecule has 0 radical (unpaired) electrons. The van der Waals surface area contributed by atoms with E-state index in [2.05, 4.69) is 20.7 Å². The van der Waals surface area contributed by atoms with Gasteiger partial charge in [0.1, 0.15) is 11.2 Å². The van der Waals surface area contributed by atoms with Crippen LogP contribution in [0.1, 0.15) is 24.1 Å². The highest BCUT2D eigenvalue weighted by molar-refractivity contribution is 5.85. The highest BCUT2D eigenvalue weighted by Gasteiger charge is 2.41. The molecule has 3 aromatic rings. The summed E-state index contributed by atoms with van der Waals surface area (Å²) in [7, 11) is 0. The van der Waals surface area contributed by atoms with Crippen LogP contribution >= 0.6 is 24.8 Å². The molecule has 1 fully saturated rings. The summed E-state index contributed by atoms with van der Waals surface area (Å²) >= 11 is 0. The molecule has 0 saturated carbocycles. The highest BCUT2D eigenvalue weighted by atomic mass is 35.5. The fourth-order valence-corrected chi connectivity index (χ4v) is 3.50. The van der Waals surface area contributed by atoms with Gasteiger partial charge in [0, 0.05) is 24.8 Å². The average molecular weight is 411 g/mol. The lowest BCUT2D eigenvalue weighted by molar-refractivity contribution is -0.132. The Morgan fingerprint density at radius 1 is 1.26 bits per heavy atom. The van der Waals surface area contributed by atoms with Gasteiger partial charge in [0.15, 0.2) is 0 Å². The van der Waals surface area contributed by atoms with Crippen molar-refractivity contribution in [2.24, 2.45) is 0 Å². The lowest BCUT2D eigenvalue weighted by Crippen LogP contribution is -2.54. The van der Waals surface area contributed by atoms with Gasteiger partial charge >= 0.3 is 0 Å². The van der Waals surface area contributed by atoms with Crippen molar-refractivity contribution in [3.63, 3.8) is 0 Å². The quantitative estimate of drug-likeness (QED) is 0.690. The predicted molar refractivity (Wildman–Crippen MR) is 109 cm³/mol. The summed E-state index contributed by atoms with van der Waals surface area (Å²) in [5.41, 5.74) is 2.29. The SMILES string of the molecule is Cc1ccc2nc(CNC(=O)C3(n4cccn4)CCNCC3)cn2c1.Cl.Cl. The fourth-order valence-electron chi connectivity index (χ4n) is 3.50. The Hall–Kier alpha value is -2.09. The molecule has 1 amide bonds. The minimum Gasteiger partial charge on any atom is -0.348 e. The first-order chi connectivity index (χ1) is 12.2. The molecule has 4 rings (SSSR count). The minimum absolute atomic E-state index is 0. The molecule has 0 atom stereocenters. The topological polar surface area (TPSA) is 76.2 Å². The second-order valence-electron chi connectivity index (χ2n) is 6.62. The van der Waals surface area contributed by atoms with Crippen LogP contribution in [0.25, 0.3) is 5.65 Å². The minimum atomic E-state index is -0.621. The third-order valence-corrected chi connectivity index (χ3v) is 4.88. The van der Waals surface area contributed by atoms with E-state index in [0.717, 1.165) is 37.3 Å². The van der Waals surface area contributed by atoms with Gasteiger partial charge in [-0.2, -0.15) is 5.10 Å². The molecule has 0 aliphatic carbocycles. The standard InChI is InChI=1S/C18H22N6O.2ClH/c1-14-3-4-16-22-15(13-23(16)12-14)11-20-17(25)18(5-8-19-9-6-18)24-10-2-7-21-24;;/h2-4,7,10,12-13,19H,5-6,8-9,11H2,1H3,(H,20,25);2*1H. The van der Waals surface area contributed by atoms with Gasteiger partial charge in [-0.1, -0.05) is 6.07 Å². The third-order valence-electron chi connectivity index (χ3n) is 4.88. The van der Waals surface area contributed by atoms with E-state index < -0.39 is 5.54 Å². The number of aromatic nitrogens is 4. The van der Waals surface area contributed by atoms with Crippen molar-refractivity contribution in [2.75, 3.05) is 13.1 Å². The van der Waals surface area contributed by atoms with Crippen LogP contribution in [0.5, 0.6) is 0 Å². The van der Waals surface area contributed by atoms with E-state index in [4.69, 9.17) is 0 Å². The first kappa shape index (κ1) is 21.2. The zero-order valence-corrected chi connectivity index (χ0v) is 16.7. The Labute approximate surface area is 170 Å². The normalized spacial score (nSPS) is 15.6. The number of fused-ring (bicyclic) bond motifs is 1. The van der Waals surface area contributed by atoms with Gasteiger partial charge in [-0.3, -0.25) is 9.48 Å². The first-order valence-corrected chi connectivity index (χ1v) is 8.61. The number of rotatable bonds is 4. The van der Waals surface area contributed by atoms with Crippen molar-refractivity contribution in [2.45, 2.75) is 31.8 Å². The number of nitrogens with one attached hydrogen (secondary N) is 2. The van der Waals surface area contributed by atoms with Gasteiger partial charge in [0.05, 0.1) is 12.2 Å². The zero-order chi connectivity index (χ0) is 17.3. The Bertz CT molecular complexity index is 887. The van der Waals surface area contributed by atoms with E-state index in [9.17, 15) is 4.79 Å². The van der Waals surface area contributed by atoms with Crippen LogP contribution in [0.15, 0.2) is 43.0 Å². The third kappa shape index (κ3) is 4.10. The van der Waals surface area contributed by atoms with Gasteiger partial charge in [0.25, 0.3) is 0 Å². The first-order valence-electron chi connectivity index (χ1n) is 8.61. The number of carbonyl (C=O) groups is 1. The monoisotopic (exact) mass is 410 g/mol. The molecule has 0 bridgehead atoms.